The Hall–Kier alpha value is -1.65. The fraction of sp³-hybridized carbons (Fsp3) is 0.267. The number of hydrogen-bond acceptors (Lipinski definition) is 3. The monoisotopic (exact) mass is 275 g/mol. The molecule has 1 aromatic carbocycles. The summed E-state index contributed by atoms with van der Waals surface area (Å²) in [5.41, 5.74) is 2.78. The molecule has 1 heterocycles. The van der Waals surface area contributed by atoms with Gasteiger partial charge in [-0.3, -0.25) is 4.79 Å². The van der Waals surface area contributed by atoms with Crippen LogP contribution in [0.15, 0.2) is 41.1 Å². The minimum atomic E-state index is -0.0979. The molecule has 0 spiro atoms. The Morgan fingerprint density at radius 1 is 1.37 bits per heavy atom. The highest BCUT2D eigenvalue weighted by Gasteiger charge is 2.14. The van der Waals surface area contributed by atoms with E-state index in [4.69, 9.17) is 4.74 Å². The number of benzene rings is 1. The number of aryl methyl sites for hydroxylation is 1. The van der Waals surface area contributed by atoms with Crippen LogP contribution in [0.2, 0.25) is 0 Å². The van der Waals surface area contributed by atoms with Crippen LogP contribution in [0.3, 0.4) is 0 Å². The summed E-state index contributed by atoms with van der Waals surface area (Å²) in [6.45, 7) is 2.40. The van der Waals surface area contributed by atoms with Crippen molar-refractivity contribution < 1.29 is 9.53 Å². The van der Waals surface area contributed by atoms with Gasteiger partial charge in [-0.1, -0.05) is 18.2 Å². The molecule has 1 amide bonds. The van der Waals surface area contributed by atoms with Crippen molar-refractivity contribution in [3.8, 4) is 0 Å². The van der Waals surface area contributed by atoms with Gasteiger partial charge in [-0.15, -0.1) is 0 Å². The van der Waals surface area contributed by atoms with Crippen LogP contribution in [0.1, 0.15) is 27.6 Å². The van der Waals surface area contributed by atoms with Crippen LogP contribution >= 0.6 is 11.3 Å². The second-order valence-corrected chi connectivity index (χ2v) is 5.09. The second kappa shape index (κ2) is 6.50. The summed E-state index contributed by atoms with van der Waals surface area (Å²) >= 11 is 1.62. The lowest BCUT2D eigenvalue weighted by Crippen LogP contribution is -2.29. The summed E-state index contributed by atoms with van der Waals surface area (Å²) in [4.78, 5) is 12.1. The van der Waals surface area contributed by atoms with E-state index < -0.39 is 0 Å². The summed E-state index contributed by atoms with van der Waals surface area (Å²) in [6.07, 6.45) is -0.0979. The van der Waals surface area contributed by atoms with Gasteiger partial charge in [-0.25, -0.2) is 0 Å². The topological polar surface area (TPSA) is 38.3 Å². The van der Waals surface area contributed by atoms with Crippen molar-refractivity contribution in [3.05, 3.63) is 57.8 Å². The zero-order valence-electron chi connectivity index (χ0n) is 11.1. The van der Waals surface area contributed by atoms with Gasteiger partial charge in [0, 0.05) is 19.2 Å². The second-order valence-electron chi connectivity index (χ2n) is 4.31. The highest BCUT2D eigenvalue weighted by Crippen LogP contribution is 2.18. The highest BCUT2D eigenvalue weighted by molar-refractivity contribution is 7.07. The first-order valence-electron chi connectivity index (χ1n) is 6.11. The van der Waals surface area contributed by atoms with Crippen molar-refractivity contribution in [3.63, 3.8) is 0 Å². The van der Waals surface area contributed by atoms with Crippen molar-refractivity contribution in [2.75, 3.05) is 13.7 Å². The molecular formula is C15H17NO2S. The van der Waals surface area contributed by atoms with E-state index in [0.29, 0.717) is 12.1 Å². The Morgan fingerprint density at radius 3 is 2.79 bits per heavy atom. The molecule has 0 saturated heterocycles. The number of thiophene rings is 1. The standard InChI is InChI=1S/C15H17NO2S/c1-11-5-3-4-6-13(11)15(17)16-9-14(18-2)12-7-8-19-10-12/h3-8,10,14H,9H2,1-2H3,(H,16,17)/t14-/m1/s1. The Balaban J connectivity index is 1.98. The largest absolute Gasteiger partial charge is 0.375 e. The van der Waals surface area contributed by atoms with Crippen LogP contribution in [0.4, 0.5) is 0 Å². The van der Waals surface area contributed by atoms with Crippen LogP contribution in [-0.4, -0.2) is 19.6 Å². The predicted molar refractivity (Wildman–Crippen MR) is 77.6 cm³/mol. The molecule has 0 saturated carbocycles. The molecule has 0 aliphatic rings. The molecule has 100 valence electrons. The van der Waals surface area contributed by atoms with E-state index >= 15 is 0 Å². The van der Waals surface area contributed by atoms with E-state index in [-0.39, 0.29) is 12.0 Å². The van der Waals surface area contributed by atoms with E-state index in [1.807, 2.05) is 48.0 Å². The summed E-state index contributed by atoms with van der Waals surface area (Å²) in [5, 5.41) is 6.96. The molecule has 19 heavy (non-hydrogen) atoms. The van der Waals surface area contributed by atoms with Crippen LogP contribution in [-0.2, 0) is 4.74 Å². The van der Waals surface area contributed by atoms with Gasteiger partial charge < -0.3 is 10.1 Å². The maximum atomic E-state index is 12.1. The van der Waals surface area contributed by atoms with E-state index in [1.54, 1.807) is 18.4 Å². The van der Waals surface area contributed by atoms with E-state index in [0.717, 1.165) is 11.1 Å². The molecule has 1 atom stereocenters. The third kappa shape index (κ3) is 3.43. The lowest BCUT2D eigenvalue weighted by Gasteiger charge is -2.15. The summed E-state index contributed by atoms with van der Waals surface area (Å²) < 4.78 is 5.40. The third-order valence-corrected chi connectivity index (χ3v) is 3.74. The summed E-state index contributed by atoms with van der Waals surface area (Å²) in [6, 6.07) is 9.57. The van der Waals surface area contributed by atoms with Gasteiger partial charge in [-0.2, -0.15) is 11.3 Å². The molecule has 0 bridgehead atoms. The fourth-order valence-electron chi connectivity index (χ4n) is 1.90. The van der Waals surface area contributed by atoms with Gasteiger partial charge in [0.1, 0.15) is 6.10 Å². The fourth-order valence-corrected chi connectivity index (χ4v) is 2.61. The van der Waals surface area contributed by atoms with Crippen molar-refractivity contribution >= 4 is 17.2 Å². The van der Waals surface area contributed by atoms with Gasteiger partial charge in [0.2, 0.25) is 0 Å². The SMILES string of the molecule is CO[C@H](CNC(=O)c1ccccc1C)c1ccsc1. The van der Waals surface area contributed by atoms with Crippen LogP contribution in [0.5, 0.6) is 0 Å². The predicted octanol–water partition coefficient (Wildman–Crippen LogP) is 3.17. The Morgan fingerprint density at radius 2 is 2.16 bits per heavy atom. The molecule has 0 radical (unpaired) electrons. The third-order valence-electron chi connectivity index (χ3n) is 3.04. The molecular weight excluding hydrogens is 258 g/mol. The number of nitrogens with one attached hydrogen (secondary N) is 1. The van der Waals surface area contributed by atoms with E-state index in [2.05, 4.69) is 5.32 Å². The Bertz CT molecular complexity index is 537. The Kier molecular flexibility index (Phi) is 4.71. The first-order valence-corrected chi connectivity index (χ1v) is 7.05. The molecule has 2 rings (SSSR count). The number of carbonyl (C=O) groups excluding carboxylic acids is 1. The number of amides is 1. The van der Waals surface area contributed by atoms with Gasteiger partial charge in [0.05, 0.1) is 0 Å². The minimum Gasteiger partial charge on any atom is -0.375 e. The molecule has 0 aliphatic carbocycles. The lowest BCUT2D eigenvalue weighted by atomic mass is 10.1. The van der Waals surface area contributed by atoms with Crippen molar-refractivity contribution in [1.82, 2.24) is 5.32 Å². The number of rotatable bonds is 5. The molecule has 1 N–H and O–H groups in total. The van der Waals surface area contributed by atoms with E-state index in [1.165, 1.54) is 0 Å². The van der Waals surface area contributed by atoms with Crippen LogP contribution in [0, 0.1) is 6.92 Å². The molecule has 0 unspecified atom stereocenters. The van der Waals surface area contributed by atoms with Crippen molar-refractivity contribution in [2.24, 2.45) is 0 Å². The number of ether oxygens (including phenoxy) is 1. The zero-order chi connectivity index (χ0) is 13.7. The van der Waals surface area contributed by atoms with Crippen molar-refractivity contribution in [1.29, 1.82) is 0 Å². The normalized spacial score (nSPS) is 12.1. The van der Waals surface area contributed by atoms with Crippen LogP contribution < -0.4 is 5.32 Å². The van der Waals surface area contributed by atoms with Gasteiger partial charge in [0.25, 0.3) is 5.91 Å². The Labute approximate surface area is 117 Å². The average molecular weight is 275 g/mol. The maximum Gasteiger partial charge on any atom is 0.251 e. The van der Waals surface area contributed by atoms with Gasteiger partial charge >= 0.3 is 0 Å². The molecule has 0 aliphatic heterocycles. The quantitative estimate of drug-likeness (QED) is 0.910. The minimum absolute atomic E-state index is 0.0598. The maximum absolute atomic E-state index is 12.1. The molecule has 4 heteroatoms. The molecule has 3 nitrogen and oxygen atoms in total. The number of methoxy groups -OCH3 is 1. The lowest BCUT2D eigenvalue weighted by molar-refractivity contribution is 0.0828. The average Bonchev–Trinajstić information content (AvgIpc) is 2.94. The molecule has 2 aromatic rings. The van der Waals surface area contributed by atoms with Gasteiger partial charge in [-0.05, 0) is 40.9 Å². The number of hydrogen-bond donors (Lipinski definition) is 1. The van der Waals surface area contributed by atoms with Crippen molar-refractivity contribution in [2.45, 2.75) is 13.0 Å². The first-order chi connectivity index (χ1) is 9.22. The molecule has 0 fully saturated rings. The zero-order valence-corrected chi connectivity index (χ0v) is 11.9. The summed E-state index contributed by atoms with van der Waals surface area (Å²) in [5.74, 6) is -0.0598. The highest BCUT2D eigenvalue weighted by atomic mass is 32.1. The molecule has 1 aromatic heterocycles. The smallest absolute Gasteiger partial charge is 0.251 e. The van der Waals surface area contributed by atoms with E-state index in [9.17, 15) is 4.79 Å². The van der Waals surface area contributed by atoms with Gasteiger partial charge in [0.15, 0.2) is 0 Å². The first kappa shape index (κ1) is 13.8. The number of carbonyl (C=O) groups is 1. The van der Waals surface area contributed by atoms with Crippen LogP contribution in [0.25, 0.3) is 0 Å². The summed E-state index contributed by atoms with van der Waals surface area (Å²) in [7, 11) is 1.66.